The largest absolute Gasteiger partial charge is 0.491 e. The summed E-state index contributed by atoms with van der Waals surface area (Å²) in [4.78, 5) is 10.6. The van der Waals surface area contributed by atoms with E-state index in [-0.39, 0.29) is 18.5 Å². The maximum Gasteiger partial charge on any atom is 0.304 e. The first-order valence-electron chi connectivity index (χ1n) is 5.36. The van der Waals surface area contributed by atoms with Gasteiger partial charge in [0.15, 0.2) is 0 Å². The number of fused-ring (bicyclic) bond motifs is 1. The average Bonchev–Trinajstić information content (AvgIpc) is 2.61. The van der Waals surface area contributed by atoms with Crippen molar-refractivity contribution in [3.8, 4) is 5.75 Å². The molecule has 2 rings (SSSR count). The van der Waals surface area contributed by atoms with Crippen LogP contribution in [0.4, 0.5) is 0 Å². The topological polar surface area (TPSA) is 58.6 Å². The Morgan fingerprint density at radius 3 is 3.12 bits per heavy atom. The number of aliphatic carboxylic acids is 1. The van der Waals surface area contributed by atoms with Gasteiger partial charge in [-0.1, -0.05) is 18.2 Å². The van der Waals surface area contributed by atoms with Gasteiger partial charge in [0.2, 0.25) is 0 Å². The molecule has 2 N–H and O–H groups in total. The zero-order valence-electron chi connectivity index (χ0n) is 9.14. The molecule has 0 saturated heterocycles. The van der Waals surface area contributed by atoms with Crippen molar-refractivity contribution in [2.45, 2.75) is 25.4 Å². The molecule has 0 fully saturated rings. The molecule has 0 radical (unpaired) electrons. The van der Waals surface area contributed by atoms with Crippen molar-refractivity contribution in [3.63, 3.8) is 0 Å². The Kier molecular flexibility index (Phi) is 3.10. The van der Waals surface area contributed by atoms with Crippen molar-refractivity contribution in [2.24, 2.45) is 0 Å². The van der Waals surface area contributed by atoms with E-state index in [1.807, 2.05) is 31.2 Å². The Morgan fingerprint density at radius 1 is 1.62 bits per heavy atom. The molecule has 2 unspecified atom stereocenters. The lowest BCUT2D eigenvalue weighted by Crippen LogP contribution is -2.33. The zero-order chi connectivity index (χ0) is 11.5. The second-order valence-electron chi connectivity index (χ2n) is 4.07. The van der Waals surface area contributed by atoms with E-state index in [0.29, 0.717) is 6.61 Å². The minimum atomic E-state index is -0.785. The van der Waals surface area contributed by atoms with Crippen LogP contribution in [0.5, 0.6) is 5.75 Å². The highest BCUT2D eigenvalue weighted by Crippen LogP contribution is 2.31. The number of carboxylic acids is 1. The van der Waals surface area contributed by atoms with Crippen LogP contribution in [0.2, 0.25) is 0 Å². The molecule has 1 aliphatic rings. The highest BCUT2D eigenvalue weighted by molar-refractivity contribution is 5.67. The van der Waals surface area contributed by atoms with Crippen molar-refractivity contribution in [3.05, 3.63) is 29.8 Å². The third kappa shape index (κ3) is 2.33. The van der Waals surface area contributed by atoms with E-state index in [1.165, 1.54) is 0 Å². The Bertz CT molecular complexity index is 392. The van der Waals surface area contributed by atoms with Gasteiger partial charge in [0.05, 0.1) is 12.5 Å². The number of nitrogens with one attached hydrogen (secondary N) is 1. The molecule has 1 aromatic rings. The van der Waals surface area contributed by atoms with Crippen molar-refractivity contribution < 1.29 is 14.6 Å². The minimum Gasteiger partial charge on any atom is -0.491 e. The highest BCUT2D eigenvalue weighted by Gasteiger charge is 2.24. The van der Waals surface area contributed by atoms with Crippen molar-refractivity contribution in [2.75, 3.05) is 6.61 Å². The van der Waals surface area contributed by atoms with Gasteiger partial charge in [0.1, 0.15) is 12.4 Å². The van der Waals surface area contributed by atoms with Gasteiger partial charge in [0.25, 0.3) is 0 Å². The molecular weight excluding hydrogens is 206 g/mol. The summed E-state index contributed by atoms with van der Waals surface area (Å²) in [5.41, 5.74) is 1.11. The van der Waals surface area contributed by atoms with Crippen LogP contribution in [0.15, 0.2) is 24.3 Å². The first-order valence-corrected chi connectivity index (χ1v) is 5.36. The summed E-state index contributed by atoms with van der Waals surface area (Å²) in [7, 11) is 0. The lowest BCUT2D eigenvalue weighted by atomic mass is 10.1. The normalized spacial score (nSPS) is 19.9. The Hall–Kier alpha value is -1.55. The Morgan fingerprint density at radius 2 is 2.38 bits per heavy atom. The SMILES string of the molecule is CC(CC(=O)O)NC1COc2ccccc21. The van der Waals surface area contributed by atoms with Crippen LogP contribution >= 0.6 is 0 Å². The van der Waals surface area contributed by atoms with Gasteiger partial charge in [-0.05, 0) is 13.0 Å². The summed E-state index contributed by atoms with van der Waals surface area (Å²) in [5, 5.41) is 11.9. The molecule has 0 saturated carbocycles. The van der Waals surface area contributed by atoms with Crippen molar-refractivity contribution in [1.82, 2.24) is 5.32 Å². The van der Waals surface area contributed by atoms with E-state index < -0.39 is 5.97 Å². The van der Waals surface area contributed by atoms with Gasteiger partial charge in [-0.25, -0.2) is 0 Å². The van der Waals surface area contributed by atoms with E-state index >= 15 is 0 Å². The lowest BCUT2D eigenvalue weighted by molar-refractivity contribution is -0.137. The van der Waals surface area contributed by atoms with Gasteiger partial charge >= 0.3 is 5.97 Å². The number of hydrogen-bond acceptors (Lipinski definition) is 3. The molecule has 86 valence electrons. The van der Waals surface area contributed by atoms with E-state index in [4.69, 9.17) is 9.84 Å². The average molecular weight is 221 g/mol. The number of rotatable bonds is 4. The molecule has 4 heteroatoms. The monoisotopic (exact) mass is 221 g/mol. The predicted octanol–water partition coefficient (Wildman–Crippen LogP) is 1.57. The maximum atomic E-state index is 10.6. The first kappa shape index (κ1) is 11.0. The van der Waals surface area contributed by atoms with E-state index in [9.17, 15) is 4.79 Å². The van der Waals surface area contributed by atoms with Gasteiger partial charge < -0.3 is 15.2 Å². The molecule has 1 aromatic carbocycles. The van der Waals surface area contributed by atoms with Gasteiger partial charge in [-0.15, -0.1) is 0 Å². The van der Waals surface area contributed by atoms with Gasteiger partial charge in [-0.2, -0.15) is 0 Å². The number of para-hydroxylation sites is 1. The predicted molar refractivity (Wildman–Crippen MR) is 59.5 cm³/mol. The van der Waals surface area contributed by atoms with E-state index in [2.05, 4.69) is 5.32 Å². The number of hydrogen-bond donors (Lipinski definition) is 2. The molecule has 0 amide bonds. The second kappa shape index (κ2) is 4.53. The molecule has 0 aromatic heterocycles. The quantitative estimate of drug-likeness (QED) is 0.810. The number of ether oxygens (including phenoxy) is 1. The molecule has 0 bridgehead atoms. The van der Waals surface area contributed by atoms with Crippen LogP contribution in [-0.2, 0) is 4.79 Å². The number of benzene rings is 1. The van der Waals surface area contributed by atoms with Crippen LogP contribution in [0.1, 0.15) is 24.9 Å². The standard InChI is InChI=1S/C12H15NO3/c1-8(6-12(14)15)13-10-7-16-11-5-3-2-4-9(10)11/h2-5,8,10,13H,6-7H2,1H3,(H,14,15). The number of carbonyl (C=O) groups is 1. The molecular formula is C12H15NO3. The van der Waals surface area contributed by atoms with E-state index in [1.54, 1.807) is 0 Å². The summed E-state index contributed by atoms with van der Waals surface area (Å²) in [6.45, 7) is 2.44. The van der Waals surface area contributed by atoms with Crippen molar-refractivity contribution >= 4 is 5.97 Å². The molecule has 0 aliphatic carbocycles. The maximum absolute atomic E-state index is 10.6. The fourth-order valence-electron chi connectivity index (χ4n) is 1.96. The van der Waals surface area contributed by atoms with Gasteiger partial charge in [-0.3, -0.25) is 4.79 Å². The van der Waals surface area contributed by atoms with Crippen LogP contribution in [0.3, 0.4) is 0 Å². The third-order valence-electron chi connectivity index (χ3n) is 2.67. The molecule has 0 spiro atoms. The third-order valence-corrected chi connectivity index (χ3v) is 2.67. The summed E-state index contributed by atoms with van der Waals surface area (Å²) in [5.74, 6) is 0.106. The van der Waals surface area contributed by atoms with E-state index in [0.717, 1.165) is 11.3 Å². The fraction of sp³-hybridized carbons (Fsp3) is 0.417. The van der Waals surface area contributed by atoms with Crippen LogP contribution in [-0.4, -0.2) is 23.7 Å². The second-order valence-corrected chi connectivity index (χ2v) is 4.07. The van der Waals surface area contributed by atoms with Gasteiger partial charge in [0, 0.05) is 11.6 Å². The van der Waals surface area contributed by atoms with Crippen LogP contribution in [0.25, 0.3) is 0 Å². The number of carboxylic acid groups (broad SMARTS) is 1. The first-order chi connectivity index (χ1) is 7.66. The summed E-state index contributed by atoms with van der Waals surface area (Å²) in [6.07, 6.45) is 0.124. The molecule has 1 aliphatic heterocycles. The summed E-state index contributed by atoms with van der Waals surface area (Å²) >= 11 is 0. The lowest BCUT2D eigenvalue weighted by Gasteiger charge is -2.16. The minimum absolute atomic E-state index is 0.0581. The summed E-state index contributed by atoms with van der Waals surface area (Å²) in [6, 6.07) is 7.88. The molecule has 16 heavy (non-hydrogen) atoms. The fourth-order valence-corrected chi connectivity index (χ4v) is 1.96. The smallest absolute Gasteiger partial charge is 0.304 e. The molecule has 4 nitrogen and oxygen atoms in total. The van der Waals surface area contributed by atoms with Crippen molar-refractivity contribution in [1.29, 1.82) is 0 Å². The zero-order valence-corrected chi connectivity index (χ0v) is 9.14. The summed E-state index contributed by atoms with van der Waals surface area (Å²) < 4.78 is 5.51. The Balaban J connectivity index is 2.00. The van der Waals surface area contributed by atoms with Crippen LogP contribution in [0, 0.1) is 0 Å². The molecule has 2 atom stereocenters. The molecule has 1 heterocycles. The highest BCUT2D eigenvalue weighted by atomic mass is 16.5. The van der Waals surface area contributed by atoms with Crippen LogP contribution < -0.4 is 10.1 Å². The Labute approximate surface area is 94.2 Å².